The van der Waals surface area contributed by atoms with Gasteiger partial charge in [0.05, 0.1) is 12.1 Å². The summed E-state index contributed by atoms with van der Waals surface area (Å²) < 4.78 is 1.67. The van der Waals surface area contributed by atoms with Crippen molar-refractivity contribution in [3.8, 4) is 0 Å². The average molecular weight is 193 g/mol. The highest BCUT2D eigenvalue weighted by Gasteiger charge is 2.27. The second-order valence-corrected chi connectivity index (χ2v) is 3.97. The van der Waals surface area contributed by atoms with Gasteiger partial charge in [0.25, 0.3) is 5.56 Å². The van der Waals surface area contributed by atoms with Crippen LogP contribution in [-0.2, 0) is 0 Å². The van der Waals surface area contributed by atoms with E-state index in [4.69, 9.17) is 0 Å². The lowest BCUT2D eigenvalue weighted by atomic mass is 10.2. The molecule has 1 heterocycles. The molecule has 3 nitrogen and oxygen atoms in total. The van der Waals surface area contributed by atoms with Gasteiger partial charge in [-0.2, -0.15) is 0 Å². The fourth-order valence-corrected chi connectivity index (χ4v) is 2.13. The van der Waals surface area contributed by atoms with Crippen molar-refractivity contribution >= 4 is 0 Å². The lowest BCUT2D eigenvalue weighted by Gasteiger charge is -2.17. The maximum absolute atomic E-state index is 11.8. The van der Waals surface area contributed by atoms with E-state index >= 15 is 0 Å². The van der Waals surface area contributed by atoms with Crippen molar-refractivity contribution in [3.05, 3.63) is 34.2 Å². The predicted molar refractivity (Wildman–Crippen MR) is 54.3 cm³/mol. The third kappa shape index (κ3) is 1.48. The zero-order chi connectivity index (χ0) is 10.1. The van der Waals surface area contributed by atoms with E-state index in [1.807, 2.05) is 6.07 Å². The van der Waals surface area contributed by atoms with Crippen LogP contribution in [0.4, 0.5) is 0 Å². The van der Waals surface area contributed by atoms with Crippen LogP contribution in [-0.4, -0.2) is 15.8 Å². The molecule has 2 atom stereocenters. The van der Waals surface area contributed by atoms with Crippen molar-refractivity contribution in [1.82, 2.24) is 4.57 Å². The van der Waals surface area contributed by atoms with Gasteiger partial charge in [-0.25, -0.2) is 0 Å². The molecular weight excluding hydrogens is 178 g/mol. The average Bonchev–Trinajstić information content (AvgIpc) is 2.57. The first kappa shape index (κ1) is 9.46. The normalized spacial score (nSPS) is 26.7. The molecule has 0 aliphatic heterocycles. The number of aromatic nitrogens is 1. The molecule has 0 radical (unpaired) electrons. The van der Waals surface area contributed by atoms with Gasteiger partial charge in [0.1, 0.15) is 0 Å². The lowest BCUT2D eigenvalue weighted by Crippen LogP contribution is -2.29. The van der Waals surface area contributed by atoms with Gasteiger partial charge in [-0.1, -0.05) is 6.07 Å². The Kier molecular flexibility index (Phi) is 2.42. The van der Waals surface area contributed by atoms with E-state index in [1.165, 1.54) is 0 Å². The molecule has 0 bridgehead atoms. The monoisotopic (exact) mass is 193 g/mol. The number of pyridine rings is 1. The van der Waals surface area contributed by atoms with Crippen LogP contribution in [0.15, 0.2) is 23.1 Å². The van der Waals surface area contributed by atoms with E-state index in [1.54, 1.807) is 23.8 Å². The third-order valence-corrected chi connectivity index (χ3v) is 2.97. The molecular formula is C11H15NO2. The molecule has 14 heavy (non-hydrogen) atoms. The summed E-state index contributed by atoms with van der Waals surface area (Å²) >= 11 is 0. The number of rotatable bonds is 1. The lowest BCUT2D eigenvalue weighted by molar-refractivity contribution is 0.134. The van der Waals surface area contributed by atoms with Gasteiger partial charge in [-0.15, -0.1) is 0 Å². The standard InChI is InChI=1S/C11H15NO2/c1-8-4-3-7-12(11(8)14)9-5-2-6-10(9)13/h3-4,7,9-10,13H,2,5-6H2,1H3/t9-,10-/m0/s1. The van der Waals surface area contributed by atoms with Crippen LogP contribution in [0.3, 0.4) is 0 Å². The van der Waals surface area contributed by atoms with E-state index in [-0.39, 0.29) is 17.7 Å². The summed E-state index contributed by atoms with van der Waals surface area (Å²) in [5.41, 5.74) is 0.769. The van der Waals surface area contributed by atoms with Crippen LogP contribution >= 0.6 is 0 Å². The van der Waals surface area contributed by atoms with Gasteiger partial charge in [0.15, 0.2) is 0 Å². The zero-order valence-electron chi connectivity index (χ0n) is 8.31. The van der Waals surface area contributed by atoms with E-state index in [0.29, 0.717) is 0 Å². The second-order valence-electron chi connectivity index (χ2n) is 3.97. The Morgan fingerprint density at radius 2 is 2.29 bits per heavy atom. The molecule has 1 saturated carbocycles. The first-order valence-electron chi connectivity index (χ1n) is 5.06. The van der Waals surface area contributed by atoms with Crippen LogP contribution in [0.25, 0.3) is 0 Å². The van der Waals surface area contributed by atoms with E-state index < -0.39 is 0 Å². The van der Waals surface area contributed by atoms with Crippen LogP contribution in [0.2, 0.25) is 0 Å². The number of aliphatic hydroxyl groups excluding tert-OH is 1. The molecule has 1 N–H and O–H groups in total. The highest BCUT2D eigenvalue weighted by Crippen LogP contribution is 2.28. The van der Waals surface area contributed by atoms with Gasteiger partial charge >= 0.3 is 0 Å². The molecule has 0 amide bonds. The van der Waals surface area contributed by atoms with Crippen molar-refractivity contribution in [2.45, 2.75) is 38.3 Å². The molecule has 3 heteroatoms. The second kappa shape index (κ2) is 3.58. The molecule has 76 valence electrons. The van der Waals surface area contributed by atoms with Gasteiger partial charge < -0.3 is 9.67 Å². The Hall–Kier alpha value is -1.09. The number of aryl methyl sites for hydroxylation is 1. The Morgan fingerprint density at radius 1 is 1.50 bits per heavy atom. The largest absolute Gasteiger partial charge is 0.391 e. The first-order chi connectivity index (χ1) is 6.70. The molecule has 1 aliphatic rings. The van der Waals surface area contributed by atoms with Crippen molar-refractivity contribution in [1.29, 1.82) is 0 Å². The summed E-state index contributed by atoms with van der Waals surface area (Å²) in [5, 5.41) is 9.70. The molecule has 1 aliphatic carbocycles. The summed E-state index contributed by atoms with van der Waals surface area (Å²) in [6.07, 6.45) is 4.14. The minimum absolute atomic E-state index is 0.0117. The smallest absolute Gasteiger partial charge is 0.253 e. The summed E-state index contributed by atoms with van der Waals surface area (Å²) in [6.45, 7) is 1.81. The minimum Gasteiger partial charge on any atom is -0.391 e. The number of nitrogens with zero attached hydrogens (tertiary/aromatic N) is 1. The van der Waals surface area contributed by atoms with E-state index in [0.717, 1.165) is 24.8 Å². The van der Waals surface area contributed by atoms with Crippen molar-refractivity contribution in [3.63, 3.8) is 0 Å². The molecule has 0 aromatic carbocycles. The maximum Gasteiger partial charge on any atom is 0.253 e. The molecule has 0 saturated heterocycles. The fraction of sp³-hybridized carbons (Fsp3) is 0.545. The summed E-state index contributed by atoms with van der Waals surface area (Å²) in [6, 6.07) is 3.66. The Labute approximate surface area is 83.0 Å². The molecule has 2 rings (SSSR count). The third-order valence-electron chi connectivity index (χ3n) is 2.97. The molecule has 1 aromatic rings. The number of aliphatic hydroxyl groups is 1. The van der Waals surface area contributed by atoms with Crippen molar-refractivity contribution in [2.75, 3.05) is 0 Å². The molecule has 0 unspecified atom stereocenters. The summed E-state index contributed by atoms with van der Waals surface area (Å²) in [5.74, 6) is 0. The minimum atomic E-state index is -0.352. The number of hydrogen-bond acceptors (Lipinski definition) is 2. The highest BCUT2D eigenvalue weighted by atomic mass is 16.3. The van der Waals surface area contributed by atoms with Gasteiger partial charge in [-0.05, 0) is 32.3 Å². The molecule has 1 aromatic heterocycles. The van der Waals surface area contributed by atoms with Gasteiger partial charge in [0.2, 0.25) is 0 Å². The van der Waals surface area contributed by atoms with Crippen LogP contribution < -0.4 is 5.56 Å². The topological polar surface area (TPSA) is 42.2 Å². The summed E-state index contributed by atoms with van der Waals surface area (Å²) in [7, 11) is 0. The molecule has 0 spiro atoms. The Bertz CT molecular complexity index is 383. The fourth-order valence-electron chi connectivity index (χ4n) is 2.13. The Morgan fingerprint density at radius 3 is 2.93 bits per heavy atom. The van der Waals surface area contributed by atoms with Gasteiger partial charge in [-0.3, -0.25) is 4.79 Å². The quantitative estimate of drug-likeness (QED) is 0.729. The summed E-state index contributed by atoms with van der Waals surface area (Å²) in [4.78, 5) is 11.8. The predicted octanol–water partition coefficient (Wildman–Crippen LogP) is 1.24. The zero-order valence-corrected chi connectivity index (χ0v) is 8.31. The Balaban J connectivity index is 2.41. The molecule has 1 fully saturated rings. The van der Waals surface area contributed by atoms with Crippen LogP contribution in [0.1, 0.15) is 30.9 Å². The van der Waals surface area contributed by atoms with E-state index in [9.17, 15) is 9.90 Å². The van der Waals surface area contributed by atoms with Crippen molar-refractivity contribution < 1.29 is 5.11 Å². The number of hydrogen-bond donors (Lipinski definition) is 1. The van der Waals surface area contributed by atoms with Crippen molar-refractivity contribution in [2.24, 2.45) is 0 Å². The highest BCUT2D eigenvalue weighted by molar-refractivity contribution is 5.09. The van der Waals surface area contributed by atoms with Gasteiger partial charge in [0, 0.05) is 11.8 Å². The van der Waals surface area contributed by atoms with E-state index in [2.05, 4.69) is 0 Å². The maximum atomic E-state index is 11.8. The van der Waals surface area contributed by atoms with Crippen LogP contribution in [0.5, 0.6) is 0 Å². The van der Waals surface area contributed by atoms with Crippen LogP contribution in [0, 0.1) is 6.92 Å². The first-order valence-corrected chi connectivity index (χ1v) is 5.06. The SMILES string of the molecule is Cc1cccn([C@H]2CCC[C@@H]2O)c1=O.